The Labute approximate surface area is 211 Å². The van der Waals surface area contributed by atoms with Crippen molar-refractivity contribution in [1.29, 1.82) is 0 Å². The molecule has 0 aromatic heterocycles. The van der Waals surface area contributed by atoms with Gasteiger partial charge in [-0.25, -0.2) is 0 Å². The van der Waals surface area contributed by atoms with Crippen LogP contribution >= 0.6 is 0 Å². The van der Waals surface area contributed by atoms with E-state index in [1.165, 1.54) is 0 Å². The predicted octanol–water partition coefficient (Wildman–Crippen LogP) is 6.84. The molecule has 0 atom stereocenters. The number of hydrogen-bond donors (Lipinski definition) is 3. The number of amides is 3. The summed E-state index contributed by atoms with van der Waals surface area (Å²) in [7, 11) is 0. The van der Waals surface area contributed by atoms with Gasteiger partial charge >= 0.3 is 0 Å². The fraction of sp³-hybridized carbons (Fsp3) is 0.690. The molecule has 0 aliphatic heterocycles. The maximum Gasteiger partial charge on any atom is 0.227 e. The van der Waals surface area contributed by atoms with E-state index >= 15 is 0 Å². The van der Waals surface area contributed by atoms with E-state index in [1.807, 2.05) is 0 Å². The third-order valence-electron chi connectivity index (χ3n) is 8.34. The highest BCUT2D eigenvalue weighted by atomic mass is 16.2. The Morgan fingerprint density at radius 1 is 0.657 bits per heavy atom. The van der Waals surface area contributed by atoms with Crippen LogP contribution in [0.3, 0.4) is 0 Å². The molecule has 6 nitrogen and oxygen atoms in total. The normalized spacial score (nSPS) is 25.4. The molecule has 2 aliphatic carbocycles. The van der Waals surface area contributed by atoms with Crippen molar-refractivity contribution in [2.24, 2.45) is 34.5 Å². The highest BCUT2D eigenvalue weighted by Crippen LogP contribution is 2.41. The maximum atomic E-state index is 13.0. The monoisotopic (exact) mass is 483 g/mol. The van der Waals surface area contributed by atoms with Crippen molar-refractivity contribution >= 4 is 35.3 Å². The summed E-state index contributed by atoms with van der Waals surface area (Å²) in [5.74, 6) is 1.30. The second-order valence-electron chi connectivity index (χ2n) is 12.9. The zero-order chi connectivity index (χ0) is 25.8. The minimum Gasteiger partial charge on any atom is -0.329 e. The molecule has 194 valence electrons. The zero-order valence-corrected chi connectivity index (χ0v) is 22.5. The van der Waals surface area contributed by atoms with E-state index in [-0.39, 0.29) is 34.5 Å². The number of rotatable bonds is 6. The van der Waals surface area contributed by atoms with Gasteiger partial charge in [0.2, 0.25) is 18.2 Å². The summed E-state index contributed by atoms with van der Waals surface area (Å²) in [6, 6.07) is 5.25. The van der Waals surface area contributed by atoms with Gasteiger partial charge in [-0.2, -0.15) is 0 Å². The van der Waals surface area contributed by atoms with E-state index in [0.717, 1.165) is 51.4 Å². The number of nitrogens with one attached hydrogen (secondary N) is 3. The van der Waals surface area contributed by atoms with Gasteiger partial charge in [0, 0.05) is 28.9 Å². The van der Waals surface area contributed by atoms with Gasteiger partial charge in [-0.1, -0.05) is 41.5 Å². The molecule has 3 N–H and O–H groups in total. The Kier molecular flexibility index (Phi) is 8.66. The standard InChI is InChI=1S/C29H45N3O3/c1-28(2,3)21-11-7-19(8-12-21)26(34)31-24-15-23(30-18-33)16-25(17-24)32-27(35)20-9-13-22(14-10-20)29(4,5)6/h15-22H,7-14H2,1-6H3,(H,30,33)(H,31,34)(H,32,35)/t19-,20?,21+,22?. The lowest BCUT2D eigenvalue weighted by Gasteiger charge is -2.36. The van der Waals surface area contributed by atoms with Gasteiger partial charge in [-0.15, -0.1) is 0 Å². The first-order valence-corrected chi connectivity index (χ1v) is 13.3. The van der Waals surface area contributed by atoms with Gasteiger partial charge in [-0.3, -0.25) is 14.4 Å². The second-order valence-corrected chi connectivity index (χ2v) is 12.9. The second kappa shape index (κ2) is 11.1. The van der Waals surface area contributed by atoms with Crippen molar-refractivity contribution in [2.45, 2.75) is 92.9 Å². The lowest BCUT2D eigenvalue weighted by atomic mass is 9.69. The molecule has 2 fully saturated rings. The van der Waals surface area contributed by atoms with Crippen molar-refractivity contribution in [3.8, 4) is 0 Å². The Balaban J connectivity index is 1.62. The first-order chi connectivity index (χ1) is 16.4. The summed E-state index contributed by atoms with van der Waals surface area (Å²) in [4.78, 5) is 37.1. The van der Waals surface area contributed by atoms with Gasteiger partial charge in [0.05, 0.1) is 0 Å². The van der Waals surface area contributed by atoms with Crippen LogP contribution in [0.5, 0.6) is 0 Å². The molecule has 2 aliphatic rings. The highest BCUT2D eigenvalue weighted by Gasteiger charge is 2.33. The van der Waals surface area contributed by atoms with E-state index in [9.17, 15) is 14.4 Å². The molecular weight excluding hydrogens is 438 g/mol. The summed E-state index contributed by atoms with van der Waals surface area (Å²) in [5.41, 5.74) is 2.27. The number of benzene rings is 1. The van der Waals surface area contributed by atoms with Crippen molar-refractivity contribution in [3.05, 3.63) is 18.2 Å². The molecule has 0 heterocycles. The van der Waals surface area contributed by atoms with E-state index in [4.69, 9.17) is 0 Å². The molecule has 35 heavy (non-hydrogen) atoms. The van der Waals surface area contributed by atoms with Crippen LogP contribution in [0.2, 0.25) is 0 Å². The topological polar surface area (TPSA) is 87.3 Å². The van der Waals surface area contributed by atoms with E-state index in [2.05, 4.69) is 57.5 Å². The van der Waals surface area contributed by atoms with Crippen LogP contribution in [0.15, 0.2) is 18.2 Å². The van der Waals surface area contributed by atoms with Crippen molar-refractivity contribution in [2.75, 3.05) is 16.0 Å². The zero-order valence-electron chi connectivity index (χ0n) is 22.5. The summed E-state index contributed by atoms with van der Waals surface area (Å²) < 4.78 is 0. The molecule has 2 saturated carbocycles. The Morgan fingerprint density at radius 3 is 1.31 bits per heavy atom. The van der Waals surface area contributed by atoms with Gasteiger partial charge in [0.25, 0.3) is 0 Å². The first kappa shape index (κ1) is 27.2. The third-order valence-corrected chi connectivity index (χ3v) is 8.34. The van der Waals surface area contributed by atoms with Crippen molar-refractivity contribution in [1.82, 2.24) is 0 Å². The number of carbonyl (C=O) groups is 3. The molecule has 3 amide bonds. The van der Waals surface area contributed by atoms with Crippen LogP contribution in [0.25, 0.3) is 0 Å². The quantitative estimate of drug-likeness (QED) is 0.387. The minimum absolute atomic E-state index is 0.00710. The molecule has 0 bridgehead atoms. The third kappa shape index (κ3) is 7.55. The average Bonchev–Trinajstić information content (AvgIpc) is 2.78. The largest absolute Gasteiger partial charge is 0.329 e. The van der Waals surface area contributed by atoms with Crippen LogP contribution in [0, 0.1) is 34.5 Å². The molecule has 0 spiro atoms. The highest BCUT2D eigenvalue weighted by molar-refractivity contribution is 5.97. The minimum atomic E-state index is -0.00710. The lowest BCUT2D eigenvalue weighted by Crippen LogP contribution is -2.32. The van der Waals surface area contributed by atoms with Crippen LogP contribution in [0.1, 0.15) is 92.9 Å². The van der Waals surface area contributed by atoms with Crippen LogP contribution < -0.4 is 16.0 Å². The van der Waals surface area contributed by atoms with E-state index in [0.29, 0.717) is 35.3 Å². The van der Waals surface area contributed by atoms with E-state index < -0.39 is 0 Å². The smallest absolute Gasteiger partial charge is 0.227 e. The fourth-order valence-electron chi connectivity index (χ4n) is 5.86. The van der Waals surface area contributed by atoms with Crippen LogP contribution in [0.4, 0.5) is 17.1 Å². The average molecular weight is 484 g/mol. The number of anilines is 3. The summed E-state index contributed by atoms with van der Waals surface area (Å²) in [6.07, 6.45) is 8.41. The SMILES string of the molecule is CC(C)(C)C1CCC(C(=O)Nc2cc(NC=O)cc(NC(=O)[C@H]3CC[C@@H](C(C)(C)C)CC3)c2)CC1. The number of carbonyl (C=O) groups excluding carboxylic acids is 3. The molecule has 0 saturated heterocycles. The van der Waals surface area contributed by atoms with Gasteiger partial charge in [0.15, 0.2) is 0 Å². The molecule has 1 aromatic carbocycles. The molecule has 3 rings (SSSR count). The Bertz CT molecular complexity index is 830. The molecular formula is C29H45N3O3. The fourth-order valence-corrected chi connectivity index (χ4v) is 5.86. The first-order valence-electron chi connectivity index (χ1n) is 13.3. The van der Waals surface area contributed by atoms with Gasteiger partial charge in [0.1, 0.15) is 0 Å². The summed E-state index contributed by atoms with van der Waals surface area (Å²) in [6.45, 7) is 13.6. The summed E-state index contributed by atoms with van der Waals surface area (Å²) in [5, 5.41) is 8.72. The molecule has 0 unspecified atom stereocenters. The van der Waals surface area contributed by atoms with Crippen LogP contribution in [-0.4, -0.2) is 18.2 Å². The molecule has 6 heteroatoms. The molecule has 0 radical (unpaired) electrons. The Morgan fingerprint density at radius 2 is 1.00 bits per heavy atom. The van der Waals surface area contributed by atoms with E-state index in [1.54, 1.807) is 18.2 Å². The van der Waals surface area contributed by atoms with Gasteiger partial charge in [-0.05, 0) is 92.2 Å². The van der Waals surface area contributed by atoms with Crippen molar-refractivity contribution in [3.63, 3.8) is 0 Å². The van der Waals surface area contributed by atoms with Crippen molar-refractivity contribution < 1.29 is 14.4 Å². The lowest BCUT2D eigenvalue weighted by molar-refractivity contribution is -0.122. The molecule has 1 aromatic rings. The maximum absolute atomic E-state index is 13.0. The summed E-state index contributed by atoms with van der Waals surface area (Å²) >= 11 is 0. The van der Waals surface area contributed by atoms with Crippen LogP contribution in [-0.2, 0) is 14.4 Å². The van der Waals surface area contributed by atoms with Gasteiger partial charge < -0.3 is 16.0 Å². The Hall–Kier alpha value is -2.37. The number of hydrogen-bond acceptors (Lipinski definition) is 3. The predicted molar refractivity (Wildman–Crippen MR) is 143 cm³/mol.